The molecular weight excluding hydrogens is 470 g/mol. The van der Waals surface area contributed by atoms with E-state index in [0.717, 1.165) is 17.6 Å². The van der Waals surface area contributed by atoms with Crippen molar-refractivity contribution in [2.45, 2.75) is 111 Å². The summed E-state index contributed by atoms with van der Waals surface area (Å²) in [6, 6.07) is -0.462. The molecule has 4 N–H and O–H groups in total. The molecule has 7 nitrogen and oxygen atoms in total. The van der Waals surface area contributed by atoms with Gasteiger partial charge in [0.1, 0.15) is 11.7 Å². The van der Waals surface area contributed by atoms with Gasteiger partial charge in [-0.3, -0.25) is 0 Å². The van der Waals surface area contributed by atoms with E-state index in [0.29, 0.717) is 5.92 Å². The van der Waals surface area contributed by atoms with Gasteiger partial charge in [-0.2, -0.15) is 0 Å². The summed E-state index contributed by atoms with van der Waals surface area (Å²) in [7, 11) is 1.69. The van der Waals surface area contributed by atoms with Crippen molar-refractivity contribution in [2.75, 3.05) is 13.7 Å². The quantitative estimate of drug-likeness (QED) is 0.332. The highest BCUT2D eigenvalue weighted by Gasteiger charge is 2.73. The van der Waals surface area contributed by atoms with Gasteiger partial charge >= 0.3 is 5.97 Å². The predicted molar refractivity (Wildman–Crippen MR) is 143 cm³/mol. The summed E-state index contributed by atoms with van der Waals surface area (Å²) >= 11 is 0. The SMILES string of the molecule is CNC(C)C(O)C(=O)OC1C(C)=C2[C@@H](C)C(C)[C@@]3(C)C(C(C)C(O)([C@H]1C)C2(C)C)C1(O)COC1C[C@@H]3C. The number of aliphatic hydroxyl groups excluding tert-OH is 1. The molecule has 0 radical (unpaired) electrons. The summed E-state index contributed by atoms with van der Waals surface area (Å²) in [4.78, 5) is 13.1. The monoisotopic (exact) mass is 521 g/mol. The second-order valence-electron chi connectivity index (χ2n) is 13.9. The van der Waals surface area contributed by atoms with E-state index < -0.39 is 46.8 Å². The molecule has 0 aromatic rings. The molecule has 0 amide bonds. The molecule has 13 atom stereocenters. The zero-order chi connectivity index (χ0) is 28.0. The van der Waals surface area contributed by atoms with Crippen molar-refractivity contribution in [1.29, 1.82) is 0 Å². The standard InChI is InChI=1S/C30H51NO6/c1-14-12-21-29(34,13-36-21)25-19(6)30(35)18(5)24(37-26(33)23(32)20(7)31-11)16(3)22(27(30,8)9)15(2)17(4)28(14,25)10/h14-15,17-21,23-25,31-32,34-35H,12-13H2,1-11H3/t14-,15-,17?,18-,19?,20?,21?,23?,24?,25?,28-,29?,30?/m0/s1. The maximum Gasteiger partial charge on any atom is 0.337 e. The van der Waals surface area contributed by atoms with Crippen LogP contribution in [0.15, 0.2) is 11.1 Å². The van der Waals surface area contributed by atoms with Gasteiger partial charge in [0.25, 0.3) is 0 Å². The Morgan fingerprint density at radius 2 is 1.68 bits per heavy atom. The van der Waals surface area contributed by atoms with Crippen molar-refractivity contribution in [3.8, 4) is 0 Å². The zero-order valence-electron chi connectivity index (χ0n) is 24.8. The molecule has 2 saturated carbocycles. The summed E-state index contributed by atoms with van der Waals surface area (Å²) in [6.45, 7) is 21.4. The third-order valence-corrected chi connectivity index (χ3v) is 12.4. The highest BCUT2D eigenvalue weighted by atomic mass is 16.6. The summed E-state index contributed by atoms with van der Waals surface area (Å²) in [5.41, 5.74) is -1.03. The predicted octanol–water partition coefficient (Wildman–Crippen LogP) is 3.30. The van der Waals surface area contributed by atoms with Crippen LogP contribution in [0.3, 0.4) is 0 Å². The van der Waals surface area contributed by atoms with E-state index in [1.165, 1.54) is 0 Å². The highest BCUT2D eigenvalue weighted by Crippen LogP contribution is 2.69. The fourth-order valence-corrected chi connectivity index (χ4v) is 9.80. The van der Waals surface area contributed by atoms with E-state index in [1.807, 2.05) is 13.8 Å². The Hall–Kier alpha value is -0.990. The van der Waals surface area contributed by atoms with Crippen LogP contribution in [0.4, 0.5) is 0 Å². The van der Waals surface area contributed by atoms with Gasteiger partial charge in [0.2, 0.25) is 0 Å². The van der Waals surface area contributed by atoms with Gasteiger partial charge in [-0.1, -0.05) is 61.0 Å². The molecule has 4 aliphatic rings. The van der Waals surface area contributed by atoms with Crippen LogP contribution < -0.4 is 5.32 Å². The van der Waals surface area contributed by atoms with Gasteiger partial charge in [0.05, 0.1) is 18.3 Å². The maximum atomic E-state index is 13.1. The second-order valence-corrected chi connectivity index (χ2v) is 13.9. The van der Waals surface area contributed by atoms with Crippen LogP contribution in [0.2, 0.25) is 0 Å². The average Bonchev–Trinajstić information content (AvgIpc) is 2.84. The Bertz CT molecular complexity index is 964. The molecule has 37 heavy (non-hydrogen) atoms. The van der Waals surface area contributed by atoms with Crippen LogP contribution in [0.5, 0.6) is 0 Å². The van der Waals surface area contributed by atoms with Crippen molar-refractivity contribution in [2.24, 2.45) is 46.3 Å². The van der Waals surface area contributed by atoms with Crippen molar-refractivity contribution in [3.63, 3.8) is 0 Å². The largest absolute Gasteiger partial charge is 0.455 e. The van der Waals surface area contributed by atoms with Crippen LogP contribution in [-0.4, -0.2) is 70.5 Å². The van der Waals surface area contributed by atoms with Gasteiger partial charge in [-0.25, -0.2) is 4.79 Å². The summed E-state index contributed by atoms with van der Waals surface area (Å²) < 4.78 is 12.0. The molecule has 9 unspecified atom stereocenters. The molecule has 4 rings (SSSR count). The molecule has 1 heterocycles. The van der Waals surface area contributed by atoms with E-state index in [4.69, 9.17) is 9.47 Å². The molecule has 0 aromatic carbocycles. The lowest BCUT2D eigenvalue weighted by molar-refractivity contribution is -0.346. The van der Waals surface area contributed by atoms with E-state index >= 15 is 0 Å². The van der Waals surface area contributed by atoms with Gasteiger partial charge < -0.3 is 30.1 Å². The fourth-order valence-electron chi connectivity index (χ4n) is 9.80. The lowest BCUT2D eigenvalue weighted by atomic mass is 9.38. The molecule has 212 valence electrons. The topological polar surface area (TPSA) is 108 Å². The Balaban J connectivity index is 1.91. The van der Waals surface area contributed by atoms with Crippen molar-refractivity contribution in [1.82, 2.24) is 5.32 Å². The molecule has 1 saturated heterocycles. The van der Waals surface area contributed by atoms with Gasteiger partial charge in [0, 0.05) is 23.3 Å². The minimum absolute atomic E-state index is 0.0833. The lowest BCUT2D eigenvalue weighted by Gasteiger charge is -2.71. The number of ether oxygens (including phenoxy) is 2. The number of hydrogen-bond acceptors (Lipinski definition) is 7. The normalized spacial score (nSPS) is 50.5. The Labute approximate surface area is 223 Å². The Kier molecular flexibility index (Phi) is 7.07. The fraction of sp³-hybridized carbons (Fsp3) is 0.900. The summed E-state index contributed by atoms with van der Waals surface area (Å²) in [6.07, 6.45) is -1.40. The van der Waals surface area contributed by atoms with E-state index in [2.05, 4.69) is 53.8 Å². The minimum atomic E-state index is -1.31. The van der Waals surface area contributed by atoms with Gasteiger partial charge in [0.15, 0.2) is 6.10 Å². The summed E-state index contributed by atoms with van der Waals surface area (Å²) in [5, 5.41) is 38.6. The van der Waals surface area contributed by atoms with E-state index in [-0.39, 0.29) is 41.8 Å². The number of rotatable bonds is 4. The summed E-state index contributed by atoms with van der Waals surface area (Å²) in [5.74, 6) is -1.05. The third-order valence-electron chi connectivity index (χ3n) is 12.4. The second kappa shape index (κ2) is 9.02. The molecule has 7 heteroatoms. The molecule has 3 aliphatic carbocycles. The number of nitrogens with one attached hydrogen (secondary N) is 1. The molecular formula is C30H51NO6. The molecule has 0 spiro atoms. The van der Waals surface area contributed by atoms with Crippen molar-refractivity contribution < 1.29 is 29.6 Å². The van der Waals surface area contributed by atoms with E-state index in [1.54, 1.807) is 14.0 Å². The molecule has 2 bridgehead atoms. The Morgan fingerprint density at radius 3 is 2.19 bits per heavy atom. The van der Waals surface area contributed by atoms with Gasteiger partial charge in [-0.15, -0.1) is 0 Å². The molecule has 1 aliphatic heterocycles. The third kappa shape index (κ3) is 3.53. The number of aliphatic hydroxyl groups is 3. The highest BCUT2D eigenvalue weighted by molar-refractivity contribution is 5.75. The molecule has 3 fully saturated rings. The minimum Gasteiger partial charge on any atom is -0.455 e. The van der Waals surface area contributed by atoms with Crippen LogP contribution >= 0.6 is 0 Å². The first-order valence-corrected chi connectivity index (χ1v) is 14.3. The average molecular weight is 522 g/mol. The van der Waals surface area contributed by atoms with Crippen molar-refractivity contribution in [3.05, 3.63) is 11.1 Å². The number of fused-ring (bicyclic) bond motifs is 5. The Morgan fingerprint density at radius 1 is 1.08 bits per heavy atom. The first kappa shape index (κ1) is 29.0. The smallest absolute Gasteiger partial charge is 0.337 e. The number of hydrogen-bond donors (Lipinski definition) is 4. The van der Waals surface area contributed by atoms with Crippen LogP contribution in [0.25, 0.3) is 0 Å². The first-order valence-electron chi connectivity index (χ1n) is 14.3. The van der Waals surface area contributed by atoms with Crippen LogP contribution in [-0.2, 0) is 14.3 Å². The number of carbonyl (C=O) groups excluding carboxylic acids is 1. The number of likely N-dealkylation sites (N-methyl/N-ethyl adjacent to an activating group) is 1. The lowest BCUT2D eigenvalue weighted by Crippen LogP contribution is -2.77. The van der Waals surface area contributed by atoms with Crippen LogP contribution in [0, 0.1) is 46.3 Å². The van der Waals surface area contributed by atoms with E-state index in [9.17, 15) is 20.1 Å². The van der Waals surface area contributed by atoms with Crippen molar-refractivity contribution >= 4 is 5.97 Å². The van der Waals surface area contributed by atoms with Gasteiger partial charge in [-0.05, 0) is 62.0 Å². The number of carbonyl (C=O) groups is 1. The number of esters is 1. The first-order chi connectivity index (χ1) is 16.9. The zero-order valence-corrected chi connectivity index (χ0v) is 24.8. The molecule has 0 aromatic heterocycles. The van der Waals surface area contributed by atoms with Crippen LogP contribution in [0.1, 0.15) is 75.7 Å². The maximum absolute atomic E-state index is 13.1.